The van der Waals surface area contributed by atoms with Crippen LogP contribution in [-0.4, -0.2) is 80.6 Å². The highest BCUT2D eigenvalue weighted by Gasteiger charge is 2.30. The molecule has 1 aromatic heterocycles. The number of H-pyrrole nitrogens is 1. The Morgan fingerprint density at radius 2 is 1.68 bits per heavy atom. The summed E-state index contributed by atoms with van der Waals surface area (Å²) in [5.41, 5.74) is 3.84. The van der Waals surface area contributed by atoms with Crippen molar-refractivity contribution < 1.29 is 33.3 Å². The Morgan fingerprint density at radius 1 is 0.925 bits per heavy atom. The number of aromatic nitrogens is 3. The number of carbonyl (C=O) groups is 2. The van der Waals surface area contributed by atoms with E-state index in [1.165, 1.54) is 20.1 Å². The molecule has 0 saturated carbocycles. The number of anilines is 2. The third-order valence-electron chi connectivity index (χ3n) is 9.04. The van der Waals surface area contributed by atoms with E-state index < -0.39 is 18.0 Å². The molecule has 1 heterocycles. The summed E-state index contributed by atoms with van der Waals surface area (Å²) < 4.78 is 27.9. The van der Waals surface area contributed by atoms with Crippen LogP contribution < -0.4 is 45.1 Å². The summed E-state index contributed by atoms with van der Waals surface area (Å²) in [6.45, 7) is 1.45. The summed E-state index contributed by atoms with van der Waals surface area (Å²) in [6, 6.07) is 11.4. The van der Waals surface area contributed by atoms with Crippen LogP contribution in [0.5, 0.6) is 28.7 Å². The largest absolute Gasteiger partial charge is 0.493 e. The van der Waals surface area contributed by atoms with Crippen molar-refractivity contribution in [3.63, 3.8) is 0 Å². The smallest absolute Gasteiger partial charge is 0.249 e. The van der Waals surface area contributed by atoms with Gasteiger partial charge in [0, 0.05) is 18.9 Å². The minimum atomic E-state index is -0.789. The van der Waals surface area contributed by atoms with Gasteiger partial charge >= 0.3 is 0 Å². The molecule has 282 valence electrons. The van der Waals surface area contributed by atoms with Gasteiger partial charge in [-0.25, -0.2) is 0 Å². The van der Waals surface area contributed by atoms with Crippen molar-refractivity contribution in [3.8, 4) is 39.9 Å². The summed E-state index contributed by atoms with van der Waals surface area (Å²) >= 11 is 1.58. The fourth-order valence-corrected chi connectivity index (χ4v) is 6.95. The summed E-state index contributed by atoms with van der Waals surface area (Å²) in [4.78, 5) is 44.5. The number of aryl methyl sites for hydroxylation is 3. The van der Waals surface area contributed by atoms with Gasteiger partial charge in [-0.2, -0.15) is 16.7 Å². The first-order chi connectivity index (χ1) is 25.6. The van der Waals surface area contributed by atoms with Crippen LogP contribution in [0, 0.1) is 0 Å². The molecular weight excluding hydrogens is 701 g/mol. The van der Waals surface area contributed by atoms with E-state index in [0.717, 1.165) is 16.7 Å². The van der Waals surface area contributed by atoms with Crippen LogP contribution in [0.3, 0.4) is 0 Å². The topological polar surface area (TPSA) is 175 Å². The maximum Gasteiger partial charge on any atom is 0.249 e. The minimum Gasteiger partial charge on any atom is -0.493 e. The molecule has 0 radical (unpaired) electrons. The lowest BCUT2D eigenvalue weighted by molar-refractivity contribution is -0.120. The number of amides is 2. The quantitative estimate of drug-likeness (QED) is 0.122. The Labute approximate surface area is 312 Å². The zero-order chi connectivity index (χ0) is 38.1. The van der Waals surface area contributed by atoms with Gasteiger partial charge in [0.15, 0.2) is 23.0 Å². The number of ether oxygens (including phenoxy) is 5. The zero-order valence-corrected chi connectivity index (χ0v) is 31.8. The monoisotopic (exact) mass is 746 g/mol. The molecule has 0 aliphatic heterocycles. The molecule has 53 heavy (non-hydrogen) atoms. The third kappa shape index (κ3) is 8.96. The molecule has 0 spiro atoms. The Hall–Kier alpha value is -5.44. The van der Waals surface area contributed by atoms with E-state index in [0.29, 0.717) is 83.6 Å². The SMILES string of the molecule is COc1ccc(CCc2nc(NC(=O)[C@H](CCSC)Nc3ccc4c(cc3=O)[C@@H](NC(C)=O)CCc3cc(OC)c(OC)c(OC)c3-4)n[nH]2)cc1OC. The predicted octanol–water partition coefficient (Wildman–Crippen LogP) is 4.96. The number of aromatic amines is 1. The standard InChI is InChI=1S/C38H46N6O8S/c1-21(45)39-26-12-10-23-19-32(50-4)35(51-5)36(52-6)34(23)24-11-13-27(29(46)20-25(24)26)40-28(16-17-53-7)37(47)42-38-41-33(43-44-38)15-9-22-8-14-30(48-2)31(18-22)49-3/h8,11,13-14,18-20,26,28H,9-10,12,15-17H2,1-7H3,(H,39,45)(H,40,46)(H2,41,42,43,44,47)/t26-,28-/m0/s1. The second-order valence-corrected chi connectivity index (χ2v) is 13.3. The molecule has 0 unspecified atom stereocenters. The Morgan fingerprint density at radius 3 is 2.36 bits per heavy atom. The zero-order valence-electron chi connectivity index (χ0n) is 31.0. The highest BCUT2D eigenvalue weighted by molar-refractivity contribution is 7.98. The molecule has 4 N–H and O–H groups in total. The molecule has 14 nitrogen and oxygen atoms in total. The van der Waals surface area contributed by atoms with Crippen molar-refractivity contribution >= 4 is 35.2 Å². The summed E-state index contributed by atoms with van der Waals surface area (Å²) in [5.74, 6) is 3.42. The molecule has 2 amide bonds. The average Bonchev–Trinajstić information content (AvgIpc) is 3.48. The second-order valence-electron chi connectivity index (χ2n) is 12.4. The Bertz CT molecular complexity index is 2000. The van der Waals surface area contributed by atoms with Crippen molar-refractivity contribution in [3.05, 3.63) is 75.2 Å². The number of fused-ring (bicyclic) bond motifs is 3. The van der Waals surface area contributed by atoms with Crippen LogP contribution in [0.2, 0.25) is 0 Å². The maximum atomic E-state index is 14.0. The number of hydrogen-bond donors (Lipinski definition) is 4. The second kappa shape index (κ2) is 17.9. The first-order valence-corrected chi connectivity index (χ1v) is 18.5. The van der Waals surface area contributed by atoms with Crippen LogP contribution in [0.1, 0.15) is 48.3 Å². The number of nitrogens with one attached hydrogen (secondary N) is 4. The van der Waals surface area contributed by atoms with E-state index in [-0.39, 0.29) is 23.0 Å². The van der Waals surface area contributed by atoms with Gasteiger partial charge in [-0.1, -0.05) is 12.1 Å². The first-order valence-electron chi connectivity index (χ1n) is 17.1. The van der Waals surface area contributed by atoms with Gasteiger partial charge in [0.2, 0.25) is 28.9 Å². The molecule has 15 heteroatoms. The lowest BCUT2D eigenvalue weighted by Gasteiger charge is -2.19. The van der Waals surface area contributed by atoms with Gasteiger partial charge in [-0.15, -0.1) is 5.10 Å². The lowest BCUT2D eigenvalue weighted by atomic mass is 9.95. The third-order valence-corrected chi connectivity index (χ3v) is 9.68. The van der Waals surface area contributed by atoms with Gasteiger partial charge in [0.1, 0.15) is 11.9 Å². The highest BCUT2D eigenvalue weighted by Crippen LogP contribution is 2.50. The molecule has 2 atom stereocenters. The van der Waals surface area contributed by atoms with Gasteiger partial charge in [0.25, 0.3) is 0 Å². The number of methoxy groups -OCH3 is 5. The van der Waals surface area contributed by atoms with Crippen molar-refractivity contribution in [2.75, 3.05) is 58.2 Å². The molecule has 5 rings (SSSR count). The normalized spacial score (nSPS) is 13.8. The van der Waals surface area contributed by atoms with Gasteiger partial charge in [-0.3, -0.25) is 24.8 Å². The van der Waals surface area contributed by atoms with E-state index in [1.807, 2.05) is 36.6 Å². The molecule has 1 aliphatic carbocycles. The fraction of sp³-hybridized carbons (Fsp3) is 0.395. The van der Waals surface area contributed by atoms with Crippen molar-refractivity contribution in [2.24, 2.45) is 0 Å². The van der Waals surface area contributed by atoms with Gasteiger partial charge < -0.3 is 34.3 Å². The lowest BCUT2D eigenvalue weighted by Crippen LogP contribution is -2.36. The van der Waals surface area contributed by atoms with E-state index in [4.69, 9.17) is 23.7 Å². The van der Waals surface area contributed by atoms with Gasteiger partial charge in [0.05, 0.1) is 47.3 Å². The Balaban J connectivity index is 1.43. The molecule has 1 aliphatic rings. The highest BCUT2D eigenvalue weighted by atomic mass is 32.2. The fourth-order valence-electron chi connectivity index (χ4n) is 6.48. The van der Waals surface area contributed by atoms with Crippen molar-refractivity contribution in [2.45, 2.75) is 51.1 Å². The minimum absolute atomic E-state index is 0.132. The Kier molecular flexibility index (Phi) is 13.1. The number of carbonyl (C=O) groups excluding carboxylic acids is 2. The van der Waals surface area contributed by atoms with Gasteiger partial charge in [-0.05, 0) is 90.3 Å². The maximum absolute atomic E-state index is 14.0. The molecule has 0 fully saturated rings. The number of benzene rings is 2. The van der Waals surface area contributed by atoms with E-state index in [9.17, 15) is 14.4 Å². The summed E-state index contributed by atoms with van der Waals surface area (Å²) in [5, 5.41) is 16.1. The summed E-state index contributed by atoms with van der Waals surface area (Å²) in [6.07, 6.45) is 4.67. The molecule has 4 aromatic rings. The number of nitrogens with zero attached hydrogens (tertiary/aromatic N) is 2. The van der Waals surface area contributed by atoms with Crippen LogP contribution >= 0.6 is 11.8 Å². The van der Waals surface area contributed by atoms with Crippen molar-refractivity contribution in [1.82, 2.24) is 20.5 Å². The number of thioether (sulfide) groups is 1. The molecule has 3 aromatic carbocycles. The number of rotatable bonds is 16. The molecular formula is C38H46N6O8S. The van der Waals surface area contributed by atoms with Crippen LogP contribution in [-0.2, 0) is 28.9 Å². The van der Waals surface area contributed by atoms with Crippen LogP contribution in [0.25, 0.3) is 11.1 Å². The average molecular weight is 747 g/mol. The predicted molar refractivity (Wildman–Crippen MR) is 205 cm³/mol. The summed E-state index contributed by atoms with van der Waals surface area (Å²) in [7, 11) is 7.82. The number of hydrogen-bond acceptors (Lipinski definition) is 12. The van der Waals surface area contributed by atoms with Crippen LogP contribution in [0.4, 0.5) is 11.6 Å². The van der Waals surface area contributed by atoms with Crippen molar-refractivity contribution in [1.29, 1.82) is 0 Å². The van der Waals surface area contributed by atoms with Crippen LogP contribution in [0.15, 0.2) is 47.3 Å². The van der Waals surface area contributed by atoms with E-state index >= 15 is 0 Å². The van der Waals surface area contributed by atoms with E-state index in [1.54, 1.807) is 46.3 Å². The molecule has 0 bridgehead atoms. The molecule has 0 saturated heterocycles. The first kappa shape index (κ1) is 38.8. The van der Waals surface area contributed by atoms with E-state index in [2.05, 4.69) is 31.1 Å².